The number of hydrogen-bond donors (Lipinski definition) is 0. The molecule has 5 heterocycles. The molecule has 237 valence electrons. The Bertz CT molecular complexity index is 1520. The fourth-order valence-corrected chi connectivity index (χ4v) is 6.61. The molecular formula is C31H47N8O3Si2. The van der Waals surface area contributed by atoms with E-state index in [1.807, 2.05) is 29.2 Å². The summed E-state index contributed by atoms with van der Waals surface area (Å²) in [4.78, 5) is 21.5. The molecule has 4 aromatic rings. The van der Waals surface area contributed by atoms with Gasteiger partial charge in [0.2, 0.25) is 5.95 Å². The smallest absolute Gasteiger partial charge is 0.225 e. The third-order valence-corrected chi connectivity index (χ3v) is 11.3. The van der Waals surface area contributed by atoms with Crippen LogP contribution in [-0.4, -0.2) is 89.9 Å². The van der Waals surface area contributed by atoms with E-state index in [1.54, 1.807) is 13.3 Å². The average Bonchev–Trinajstić information content (AvgIpc) is 3.61. The number of rotatable bonds is 14. The van der Waals surface area contributed by atoms with Crippen molar-refractivity contribution in [3.05, 3.63) is 36.9 Å². The zero-order valence-electron chi connectivity index (χ0n) is 27.3. The Morgan fingerprint density at radius 2 is 1.66 bits per heavy atom. The molecule has 5 rings (SSSR count). The Kier molecular flexibility index (Phi) is 10.3. The number of fused-ring (bicyclic) bond motifs is 1. The van der Waals surface area contributed by atoms with Crippen LogP contribution in [0, 0.1) is 6.20 Å². The first-order valence-corrected chi connectivity index (χ1v) is 23.0. The molecular weight excluding hydrogens is 589 g/mol. The minimum atomic E-state index is -1.25. The second-order valence-electron chi connectivity index (χ2n) is 14.0. The number of aromatic nitrogens is 7. The number of pyridine rings is 1. The zero-order valence-corrected chi connectivity index (χ0v) is 29.3. The molecule has 0 unspecified atom stereocenters. The predicted octanol–water partition coefficient (Wildman–Crippen LogP) is 5.79. The van der Waals surface area contributed by atoms with E-state index in [0.717, 1.165) is 72.7 Å². The third kappa shape index (κ3) is 8.39. The lowest BCUT2D eigenvalue weighted by atomic mass is 10.1. The maximum Gasteiger partial charge on any atom is 0.225 e. The molecule has 0 amide bonds. The number of anilines is 1. The van der Waals surface area contributed by atoms with Gasteiger partial charge in [0, 0.05) is 62.0 Å². The predicted molar refractivity (Wildman–Crippen MR) is 179 cm³/mol. The summed E-state index contributed by atoms with van der Waals surface area (Å²) in [6, 6.07) is 5.92. The molecule has 0 bridgehead atoms. The summed E-state index contributed by atoms with van der Waals surface area (Å²) in [5.74, 6) is 1.46. The van der Waals surface area contributed by atoms with Crippen molar-refractivity contribution in [2.75, 3.05) is 38.3 Å². The molecule has 4 aromatic heterocycles. The van der Waals surface area contributed by atoms with E-state index < -0.39 is 16.1 Å². The maximum absolute atomic E-state index is 6.29. The summed E-state index contributed by atoms with van der Waals surface area (Å²) >= 11 is 0. The minimum Gasteiger partial charge on any atom is -0.381 e. The van der Waals surface area contributed by atoms with Crippen LogP contribution in [0.2, 0.25) is 51.4 Å². The normalized spacial score (nSPS) is 15.0. The second kappa shape index (κ2) is 14.0. The van der Waals surface area contributed by atoms with Crippen molar-refractivity contribution in [2.45, 2.75) is 83.8 Å². The second-order valence-corrected chi connectivity index (χ2v) is 25.2. The standard InChI is InChI=1S/C31H47N8O3Si2/c1-40-25-10-14-37(15-11-25)31-33-13-8-26(36-31)28-29-27(9-12-32-28)35-30(39(29)23-42-17-19-44(5,6)7)24-20-34-38(21-24)22-41-16-18-43(2,3)4/h8-9,13,20-21,25H,10-11,14-19,22-23H2,1-7H3. The fraction of sp³-hybridized carbons (Fsp3) is 0.581. The molecule has 13 heteroatoms. The maximum atomic E-state index is 6.29. The summed E-state index contributed by atoms with van der Waals surface area (Å²) in [5.41, 5.74) is 3.95. The number of piperidine rings is 1. The van der Waals surface area contributed by atoms with E-state index in [2.05, 4.69) is 65.0 Å². The van der Waals surface area contributed by atoms with Crippen LogP contribution in [0.5, 0.6) is 0 Å². The van der Waals surface area contributed by atoms with Crippen LogP contribution in [0.1, 0.15) is 12.8 Å². The first-order chi connectivity index (χ1) is 21.0. The van der Waals surface area contributed by atoms with Gasteiger partial charge in [0.15, 0.2) is 0 Å². The highest BCUT2D eigenvalue weighted by Crippen LogP contribution is 2.31. The molecule has 0 aliphatic carbocycles. The first kappa shape index (κ1) is 32.4. The molecule has 1 radical (unpaired) electrons. The van der Waals surface area contributed by atoms with Gasteiger partial charge in [-0.3, -0.25) is 4.57 Å². The number of hydrogen-bond acceptors (Lipinski definition) is 9. The van der Waals surface area contributed by atoms with Crippen molar-refractivity contribution < 1.29 is 14.2 Å². The molecule has 11 nitrogen and oxygen atoms in total. The Balaban J connectivity index is 1.46. The molecule has 1 fully saturated rings. The zero-order chi connectivity index (χ0) is 31.3. The van der Waals surface area contributed by atoms with Crippen molar-refractivity contribution in [1.82, 2.24) is 34.3 Å². The minimum absolute atomic E-state index is 0.286. The summed E-state index contributed by atoms with van der Waals surface area (Å²) in [6.45, 7) is 18.0. The van der Waals surface area contributed by atoms with E-state index >= 15 is 0 Å². The van der Waals surface area contributed by atoms with Crippen LogP contribution < -0.4 is 4.90 Å². The Morgan fingerprint density at radius 1 is 0.955 bits per heavy atom. The van der Waals surface area contributed by atoms with Gasteiger partial charge in [-0.15, -0.1) is 0 Å². The lowest BCUT2D eigenvalue weighted by molar-refractivity contribution is 0.0786. The van der Waals surface area contributed by atoms with Crippen LogP contribution >= 0.6 is 0 Å². The van der Waals surface area contributed by atoms with Gasteiger partial charge in [-0.25, -0.2) is 24.6 Å². The first-order valence-electron chi connectivity index (χ1n) is 15.6. The summed E-state index contributed by atoms with van der Waals surface area (Å²) < 4.78 is 21.7. The van der Waals surface area contributed by atoms with Crippen molar-refractivity contribution in [2.24, 2.45) is 0 Å². The molecule has 0 aromatic carbocycles. The topological polar surface area (TPSA) is 105 Å². The van der Waals surface area contributed by atoms with E-state index in [4.69, 9.17) is 29.2 Å². The van der Waals surface area contributed by atoms with E-state index in [1.165, 1.54) is 0 Å². The summed E-state index contributed by atoms with van der Waals surface area (Å²) in [5, 5.41) is 4.58. The fourth-order valence-electron chi connectivity index (χ4n) is 5.10. The summed E-state index contributed by atoms with van der Waals surface area (Å²) in [7, 11) is -0.626. The van der Waals surface area contributed by atoms with Gasteiger partial charge < -0.3 is 19.1 Å². The molecule has 1 aliphatic rings. The van der Waals surface area contributed by atoms with Gasteiger partial charge in [-0.2, -0.15) is 5.10 Å². The van der Waals surface area contributed by atoms with Crippen molar-refractivity contribution in [3.63, 3.8) is 0 Å². The SMILES string of the molecule is COC1CCN(c2nccc(-c3n[c]cc4nc(-c5cnn(COCC[Si](C)(C)C)c5)n(COCC[Si](C)(C)C)c34)n2)CC1. The van der Waals surface area contributed by atoms with E-state index in [9.17, 15) is 0 Å². The summed E-state index contributed by atoms with van der Waals surface area (Å²) in [6.07, 6.45) is 10.9. The third-order valence-electron chi connectivity index (χ3n) is 7.87. The number of methoxy groups -OCH3 is 1. The Morgan fingerprint density at radius 3 is 2.34 bits per heavy atom. The number of imidazole rings is 1. The van der Waals surface area contributed by atoms with Crippen LogP contribution in [0.3, 0.4) is 0 Å². The average molecular weight is 636 g/mol. The van der Waals surface area contributed by atoms with Gasteiger partial charge in [-0.05, 0) is 37.1 Å². The Hall–Kier alpha value is -2.98. The highest BCUT2D eigenvalue weighted by Gasteiger charge is 2.23. The Labute approximate surface area is 263 Å². The van der Waals surface area contributed by atoms with Crippen molar-refractivity contribution >= 4 is 33.1 Å². The van der Waals surface area contributed by atoms with Crippen LogP contribution in [0.15, 0.2) is 30.7 Å². The molecule has 1 aliphatic heterocycles. The van der Waals surface area contributed by atoms with Crippen molar-refractivity contribution in [3.8, 4) is 22.8 Å². The van der Waals surface area contributed by atoms with Gasteiger partial charge >= 0.3 is 0 Å². The number of nitrogens with zero attached hydrogens (tertiary/aromatic N) is 8. The monoisotopic (exact) mass is 635 g/mol. The van der Waals surface area contributed by atoms with Gasteiger partial charge in [0.1, 0.15) is 25.0 Å². The van der Waals surface area contributed by atoms with Crippen LogP contribution in [-0.2, 0) is 27.7 Å². The van der Waals surface area contributed by atoms with Crippen molar-refractivity contribution in [1.29, 1.82) is 0 Å². The van der Waals surface area contributed by atoms with Gasteiger partial charge in [0.25, 0.3) is 0 Å². The van der Waals surface area contributed by atoms with Crippen LogP contribution in [0.4, 0.5) is 5.95 Å². The van der Waals surface area contributed by atoms with Crippen LogP contribution in [0.25, 0.3) is 33.8 Å². The lowest BCUT2D eigenvalue weighted by Crippen LogP contribution is -2.37. The highest BCUT2D eigenvalue weighted by atomic mass is 28.3. The van der Waals surface area contributed by atoms with E-state index in [-0.39, 0.29) is 6.10 Å². The highest BCUT2D eigenvalue weighted by molar-refractivity contribution is 6.76. The molecule has 0 saturated carbocycles. The molecule has 44 heavy (non-hydrogen) atoms. The molecule has 0 N–H and O–H groups in total. The van der Waals surface area contributed by atoms with Gasteiger partial charge in [-0.1, -0.05) is 39.3 Å². The molecule has 0 spiro atoms. The van der Waals surface area contributed by atoms with E-state index in [0.29, 0.717) is 31.7 Å². The quantitative estimate of drug-likeness (QED) is 0.126. The largest absolute Gasteiger partial charge is 0.381 e. The van der Waals surface area contributed by atoms with Gasteiger partial charge in [0.05, 0.1) is 40.8 Å². The lowest BCUT2D eigenvalue weighted by Gasteiger charge is -2.31. The molecule has 1 saturated heterocycles. The molecule has 0 atom stereocenters. The number of ether oxygens (including phenoxy) is 3.